The average molecular weight is 454 g/mol. The normalized spacial score (nSPS) is 10.9. The molecule has 0 atom stereocenters. The number of fused-ring (bicyclic) bond motifs is 1. The van der Waals surface area contributed by atoms with Crippen molar-refractivity contribution in [1.82, 2.24) is 5.43 Å². The van der Waals surface area contributed by atoms with Gasteiger partial charge in [-0.25, -0.2) is 10.2 Å². The standard InChI is InChI=1S/C27H22N2O5/c1-33-25-15-22-5-3-2-4-21(22)14-24(25)26(30)29-28-16-18-8-12-23(13-9-18)34-17-19-6-10-20(11-7-19)27(31)32/h2-16H,17H2,1H3,(H,29,30)(H,31,32)/b28-16-. The van der Waals surface area contributed by atoms with Crippen molar-refractivity contribution in [3.8, 4) is 11.5 Å². The second-order valence-corrected chi connectivity index (χ2v) is 7.46. The summed E-state index contributed by atoms with van der Waals surface area (Å²) in [6, 6.07) is 25.1. The van der Waals surface area contributed by atoms with Crippen molar-refractivity contribution in [3.63, 3.8) is 0 Å². The Kier molecular flexibility index (Phi) is 6.84. The fourth-order valence-corrected chi connectivity index (χ4v) is 3.35. The van der Waals surface area contributed by atoms with Crippen LogP contribution < -0.4 is 14.9 Å². The molecule has 1 amide bonds. The summed E-state index contributed by atoms with van der Waals surface area (Å²) in [5, 5.41) is 14.9. The molecule has 0 fully saturated rings. The Bertz CT molecular complexity index is 1350. The highest BCUT2D eigenvalue weighted by atomic mass is 16.5. The van der Waals surface area contributed by atoms with Gasteiger partial charge in [0.15, 0.2) is 0 Å². The van der Waals surface area contributed by atoms with Gasteiger partial charge in [-0.1, -0.05) is 36.4 Å². The van der Waals surface area contributed by atoms with Gasteiger partial charge in [-0.2, -0.15) is 5.10 Å². The van der Waals surface area contributed by atoms with Crippen LogP contribution in [0.25, 0.3) is 10.8 Å². The van der Waals surface area contributed by atoms with Crippen LogP contribution in [0.15, 0.2) is 90.0 Å². The van der Waals surface area contributed by atoms with Gasteiger partial charge in [-0.15, -0.1) is 0 Å². The van der Waals surface area contributed by atoms with Gasteiger partial charge in [0.1, 0.15) is 18.1 Å². The SMILES string of the molecule is COc1cc2ccccc2cc1C(=O)N/N=C\c1ccc(OCc2ccc(C(=O)O)cc2)cc1. The molecule has 0 heterocycles. The summed E-state index contributed by atoms with van der Waals surface area (Å²) in [5.41, 5.74) is 4.82. The largest absolute Gasteiger partial charge is 0.496 e. The third-order valence-electron chi connectivity index (χ3n) is 5.18. The van der Waals surface area contributed by atoms with E-state index < -0.39 is 5.97 Å². The maximum Gasteiger partial charge on any atom is 0.335 e. The Morgan fingerprint density at radius 3 is 2.26 bits per heavy atom. The van der Waals surface area contributed by atoms with Gasteiger partial charge in [-0.05, 0) is 70.4 Å². The number of nitrogens with zero attached hydrogens (tertiary/aromatic N) is 1. The fourth-order valence-electron chi connectivity index (χ4n) is 3.35. The molecular formula is C27H22N2O5. The van der Waals surface area contributed by atoms with Crippen LogP contribution in [0, 0.1) is 0 Å². The van der Waals surface area contributed by atoms with E-state index in [2.05, 4.69) is 10.5 Å². The lowest BCUT2D eigenvalue weighted by Crippen LogP contribution is -2.18. The summed E-state index contributed by atoms with van der Waals surface area (Å²) in [6.45, 7) is 0.316. The topological polar surface area (TPSA) is 97.2 Å². The number of ether oxygens (including phenoxy) is 2. The molecule has 170 valence electrons. The zero-order chi connectivity index (χ0) is 23.9. The molecule has 0 saturated heterocycles. The first-order chi connectivity index (χ1) is 16.5. The number of hydrazone groups is 1. The Labute approximate surface area is 196 Å². The van der Waals surface area contributed by atoms with E-state index in [-0.39, 0.29) is 11.5 Å². The number of carboxylic acids is 1. The van der Waals surface area contributed by atoms with Crippen molar-refractivity contribution in [2.24, 2.45) is 5.10 Å². The third-order valence-corrected chi connectivity index (χ3v) is 5.18. The van der Waals surface area contributed by atoms with Crippen LogP contribution in [0.1, 0.15) is 31.8 Å². The maximum absolute atomic E-state index is 12.6. The van der Waals surface area contributed by atoms with Gasteiger partial charge in [0.25, 0.3) is 5.91 Å². The summed E-state index contributed by atoms with van der Waals surface area (Å²) >= 11 is 0. The lowest BCUT2D eigenvalue weighted by Gasteiger charge is -2.09. The number of hydrogen-bond donors (Lipinski definition) is 2. The molecule has 0 unspecified atom stereocenters. The molecule has 0 saturated carbocycles. The van der Waals surface area contributed by atoms with E-state index in [1.54, 1.807) is 48.7 Å². The molecule has 4 rings (SSSR count). The van der Waals surface area contributed by atoms with E-state index in [0.717, 1.165) is 21.9 Å². The number of hydrogen-bond acceptors (Lipinski definition) is 5. The van der Waals surface area contributed by atoms with Crippen LogP contribution in [-0.4, -0.2) is 30.3 Å². The average Bonchev–Trinajstić information content (AvgIpc) is 2.87. The number of carbonyl (C=O) groups is 2. The molecule has 7 heteroatoms. The van der Waals surface area contributed by atoms with Gasteiger partial charge >= 0.3 is 5.97 Å². The van der Waals surface area contributed by atoms with Crippen molar-refractivity contribution in [3.05, 3.63) is 107 Å². The highest BCUT2D eigenvalue weighted by Crippen LogP contribution is 2.26. The van der Waals surface area contributed by atoms with Gasteiger partial charge in [0.2, 0.25) is 0 Å². The predicted octanol–water partition coefficient (Wildman–Crippen LogP) is 4.89. The second-order valence-electron chi connectivity index (χ2n) is 7.46. The first-order valence-corrected chi connectivity index (χ1v) is 10.5. The second kappa shape index (κ2) is 10.3. The van der Waals surface area contributed by atoms with E-state index in [1.807, 2.05) is 42.5 Å². The summed E-state index contributed by atoms with van der Waals surface area (Å²) < 4.78 is 11.1. The molecule has 0 aliphatic rings. The van der Waals surface area contributed by atoms with E-state index in [4.69, 9.17) is 14.6 Å². The molecule has 0 bridgehead atoms. The highest BCUT2D eigenvalue weighted by Gasteiger charge is 2.13. The van der Waals surface area contributed by atoms with Gasteiger partial charge < -0.3 is 14.6 Å². The van der Waals surface area contributed by atoms with Crippen molar-refractivity contribution >= 4 is 28.9 Å². The van der Waals surface area contributed by atoms with E-state index >= 15 is 0 Å². The number of carboxylic acid groups (broad SMARTS) is 1. The highest BCUT2D eigenvalue weighted by molar-refractivity contribution is 6.02. The summed E-state index contributed by atoms with van der Waals surface area (Å²) in [5.74, 6) is -0.195. The summed E-state index contributed by atoms with van der Waals surface area (Å²) in [4.78, 5) is 23.5. The molecular weight excluding hydrogens is 432 g/mol. The Hall–Kier alpha value is -4.65. The van der Waals surface area contributed by atoms with Crippen molar-refractivity contribution in [2.45, 2.75) is 6.61 Å². The van der Waals surface area contributed by atoms with Crippen LogP contribution in [0.4, 0.5) is 0 Å². The first-order valence-electron chi connectivity index (χ1n) is 10.5. The Morgan fingerprint density at radius 1 is 0.941 bits per heavy atom. The number of carbonyl (C=O) groups excluding carboxylic acids is 1. The predicted molar refractivity (Wildman–Crippen MR) is 130 cm³/mol. The van der Waals surface area contributed by atoms with Crippen molar-refractivity contribution in [2.75, 3.05) is 7.11 Å². The third kappa shape index (κ3) is 5.39. The van der Waals surface area contributed by atoms with E-state index in [0.29, 0.717) is 23.7 Å². The van der Waals surface area contributed by atoms with Crippen LogP contribution in [0.3, 0.4) is 0 Å². The molecule has 0 spiro atoms. The molecule has 7 nitrogen and oxygen atoms in total. The number of nitrogens with one attached hydrogen (secondary N) is 1. The minimum atomic E-state index is -0.961. The fraction of sp³-hybridized carbons (Fsp3) is 0.0741. The maximum atomic E-state index is 12.6. The minimum absolute atomic E-state index is 0.235. The van der Waals surface area contributed by atoms with Gasteiger partial charge in [-0.3, -0.25) is 4.79 Å². The number of methoxy groups -OCH3 is 1. The smallest absolute Gasteiger partial charge is 0.335 e. The summed E-state index contributed by atoms with van der Waals surface area (Å²) in [7, 11) is 1.53. The molecule has 0 aliphatic carbocycles. The molecule has 4 aromatic carbocycles. The minimum Gasteiger partial charge on any atom is -0.496 e. The number of aromatic carboxylic acids is 1. The monoisotopic (exact) mass is 454 g/mol. The van der Waals surface area contributed by atoms with Crippen LogP contribution >= 0.6 is 0 Å². The lowest BCUT2D eigenvalue weighted by molar-refractivity contribution is 0.0696. The number of rotatable bonds is 8. The molecule has 0 radical (unpaired) electrons. The Morgan fingerprint density at radius 2 is 1.62 bits per heavy atom. The van der Waals surface area contributed by atoms with Crippen LogP contribution in [-0.2, 0) is 6.61 Å². The van der Waals surface area contributed by atoms with Crippen LogP contribution in [0.5, 0.6) is 11.5 Å². The molecule has 34 heavy (non-hydrogen) atoms. The summed E-state index contributed by atoms with van der Waals surface area (Å²) in [6.07, 6.45) is 1.54. The first kappa shape index (κ1) is 22.5. The Balaban J connectivity index is 1.35. The zero-order valence-corrected chi connectivity index (χ0v) is 18.4. The molecule has 0 aromatic heterocycles. The molecule has 4 aromatic rings. The molecule has 2 N–H and O–H groups in total. The lowest BCUT2D eigenvalue weighted by atomic mass is 10.1. The van der Waals surface area contributed by atoms with E-state index in [9.17, 15) is 9.59 Å². The quantitative estimate of drug-likeness (QED) is 0.292. The van der Waals surface area contributed by atoms with Crippen molar-refractivity contribution in [1.29, 1.82) is 0 Å². The zero-order valence-electron chi connectivity index (χ0n) is 18.4. The van der Waals surface area contributed by atoms with Gasteiger partial charge in [0.05, 0.1) is 24.5 Å². The molecule has 0 aliphatic heterocycles. The van der Waals surface area contributed by atoms with Gasteiger partial charge in [0, 0.05) is 0 Å². The number of amides is 1. The van der Waals surface area contributed by atoms with E-state index in [1.165, 1.54) is 7.11 Å². The number of benzene rings is 4. The van der Waals surface area contributed by atoms with Crippen molar-refractivity contribution < 1.29 is 24.2 Å². The van der Waals surface area contributed by atoms with Crippen LogP contribution in [0.2, 0.25) is 0 Å².